The van der Waals surface area contributed by atoms with E-state index in [1.54, 1.807) is 23.1 Å². The van der Waals surface area contributed by atoms with Crippen LogP contribution in [0.25, 0.3) is 21.6 Å². The summed E-state index contributed by atoms with van der Waals surface area (Å²) in [6.45, 7) is 0.899. The number of para-hydroxylation sites is 1. The van der Waals surface area contributed by atoms with E-state index in [2.05, 4.69) is 23.6 Å². The van der Waals surface area contributed by atoms with Gasteiger partial charge in [-0.3, -0.25) is 0 Å². The van der Waals surface area contributed by atoms with Gasteiger partial charge in [-0.2, -0.15) is 0 Å². The number of benzene rings is 1. The largest absolute Gasteiger partial charge is 0.377 e. The highest BCUT2D eigenvalue weighted by molar-refractivity contribution is 7.99. The lowest BCUT2D eigenvalue weighted by atomic mass is 10.2. The maximum Gasteiger partial charge on any atom is 0.171 e. The Morgan fingerprint density at radius 3 is 2.95 bits per heavy atom. The summed E-state index contributed by atoms with van der Waals surface area (Å²) >= 11 is 3.46. The molecule has 1 atom stereocenters. The smallest absolute Gasteiger partial charge is 0.171 e. The van der Waals surface area contributed by atoms with Crippen molar-refractivity contribution in [2.24, 2.45) is 0 Å². The van der Waals surface area contributed by atoms with Crippen molar-refractivity contribution in [3.63, 3.8) is 0 Å². The number of aromatic nitrogens is 2. The Morgan fingerprint density at radius 1 is 1.18 bits per heavy atom. The molecule has 3 aromatic rings. The van der Waals surface area contributed by atoms with Gasteiger partial charge in [0.2, 0.25) is 0 Å². The number of nitrogens with zero attached hydrogens (tertiary/aromatic N) is 2. The highest BCUT2D eigenvalue weighted by atomic mass is 32.2. The Labute approximate surface area is 137 Å². The molecule has 4 rings (SSSR count). The summed E-state index contributed by atoms with van der Waals surface area (Å²) in [4.78, 5) is 10.6. The lowest BCUT2D eigenvalue weighted by Gasteiger charge is -2.11. The molecule has 0 aliphatic carbocycles. The van der Waals surface area contributed by atoms with Crippen molar-refractivity contribution < 1.29 is 4.74 Å². The molecule has 2 aromatic heterocycles. The van der Waals surface area contributed by atoms with Crippen molar-refractivity contribution in [1.82, 2.24) is 9.97 Å². The van der Waals surface area contributed by atoms with Crippen molar-refractivity contribution in [3.8, 4) is 10.7 Å². The van der Waals surface area contributed by atoms with E-state index in [4.69, 9.17) is 14.7 Å². The fourth-order valence-electron chi connectivity index (χ4n) is 2.62. The molecule has 1 saturated heterocycles. The minimum Gasteiger partial charge on any atom is -0.377 e. The van der Waals surface area contributed by atoms with E-state index in [1.807, 2.05) is 18.2 Å². The summed E-state index contributed by atoms with van der Waals surface area (Å²) < 4.78 is 5.73. The molecule has 1 aliphatic rings. The van der Waals surface area contributed by atoms with E-state index in [1.165, 1.54) is 6.42 Å². The van der Waals surface area contributed by atoms with E-state index in [0.717, 1.165) is 45.4 Å². The SMILES string of the molecule is c1csc(-c2nc(SC[C@H]3CCCO3)c3ccccc3n2)c1. The van der Waals surface area contributed by atoms with Gasteiger partial charge in [0.1, 0.15) is 5.03 Å². The third kappa shape index (κ3) is 2.89. The first-order valence-corrected chi connectivity index (χ1v) is 9.32. The molecular formula is C17H16N2OS2. The van der Waals surface area contributed by atoms with Gasteiger partial charge >= 0.3 is 0 Å². The molecule has 0 N–H and O–H groups in total. The van der Waals surface area contributed by atoms with Crippen molar-refractivity contribution in [3.05, 3.63) is 41.8 Å². The second-order valence-corrected chi connectivity index (χ2v) is 7.25. The Hall–Kier alpha value is -1.43. The quantitative estimate of drug-likeness (QED) is 0.517. The first-order chi connectivity index (χ1) is 10.9. The molecule has 1 aromatic carbocycles. The second kappa shape index (κ2) is 6.36. The van der Waals surface area contributed by atoms with Gasteiger partial charge in [-0.25, -0.2) is 9.97 Å². The zero-order valence-corrected chi connectivity index (χ0v) is 13.7. The van der Waals surface area contributed by atoms with E-state index in [0.29, 0.717) is 6.10 Å². The maximum atomic E-state index is 5.73. The molecule has 1 aliphatic heterocycles. The summed E-state index contributed by atoms with van der Waals surface area (Å²) in [6, 6.07) is 12.4. The standard InChI is InChI=1S/C17H16N2OS2/c1-2-7-14-13(6-1)17(22-11-12-5-3-9-20-12)19-16(18-14)15-8-4-10-21-15/h1-2,4,6-8,10,12H,3,5,9,11H2/t12-/m1/s1. The van der Waals surface area contributed by atoms with Crippen LogP contribution >= 0.6 is 23.1 Å². The Morgan fingerprint density at radius 2 is 2.14 bits per heavy atom. The minimum atomic E-state index is 0.365. The van der Waals surface area contributed by atoms with Gasteiger partial charge < -0.3 is 4.74 Å². The maximum absolute atomic E-state index is 5.73. The molecular weight excluding hydrogens is 312 g/mol. The van der Waals surface area contributed by atoms with E-state index in [9.17, 15) is 0 Å². The molecule has 0 radical (unpaired) electrons. The van der Waals surface area contributed by atoms with Crippen LogP contribution in [-0.2, 0) is 4.74 Å². The zero-order valence-electron chi connectivity index (χ0n) is 12.1. The molecule has 0 saturated carbocycles. The molecule has 0 bridgehead atoms. The van der Waals surface area contributed by atoms with Crippen LogP contribution in [-0.4, -0.2) is 28.4 Å². The topological polar surface area (TPSA) is 35.0 Å². The van der Waals surface area contributed by atoms with Gasteiger partial charge in [-0.1, -0.05) is 24.3 Å². The highest BCUT2D eigenvalue weighted by Crippen LogP contribution is 2.31. The average Bonchev–Trinajstić information content (AvgIpc) is 3.25. The first kappa shape index (κ1) is 14.2. The van der Waals surface area contributed by atoms with Gasteiger partial charge in [-0.05, 0) is 30.4 Å². The fraction of sp³-hybridized carbons (Fsp3) is 0.294. The number of ether oxygens (including phenoxy) is 1. The van der Waals surface area contributed by atoms with Crippen LogP contribution in [0.2, 0.25) is 0 Å². The third-order valence-corrected chi connectivity index (χ3v) is 5.73. The summed E-state index contributed by atoms with van der Waals surface area (Å²) in [5.74, 6) is 1.79. The number of hydrogen-bond donors (Lipinski definition) is 0. The van der Waals surface area contributed by atoms with E-state index >= 15 is 0 Å². The number of thioether (sulfide) groups is 1. The average molecular weight is 328 g/mol. The number of fused-ring (bicyclic) bond motifs is 1. The van der Waals surface area contributed by atoms with Crippen molar-refractivity contribution >= 4 is 34.0 Å². The van der Waals surface area contributed by atoms with Crippen LogP contribution in [0.5, 0.6) is 0 Å². The second-order valence-electron chi connectivity index (χ2n) is 5.29. The van der Waals surface area contributed by atoms with Crippen LogP contribution in [0, 0.1) is 0 Å². The van der Waals surface area contributed by atoms with E-state index in [-0.39, 0.29) is 0 Å². The number of rotatable bonds is 4. The van der Waals surface area contributed by atoms with Crippen LogP contribution in [0.3, 0.4) is 0 Å². The van der Waals surface area contributed by atoms with Gasteiger partial charge in [0, 0.05) is 17.7 Å². The van der Waals surface area contributed by atoms with Gasteiger partial charge in [-0.15, -0.1) is 23.1 Å². The first-order valence-electron chi connectivity index (χ1n) is 7.45. The summed E-state index contributed by atoms with van der Waals surface area (Å²) in [6.07, 6.45) is 2.70. The fourth-order valence-corrected chi connectivity index (χ4v) is 4.36. The monoisotopic (exact) mass is 328 g/mol. The Balaban J connectivity index is 1.70. The van der Waals surface area contributed by atoms with Crippen molar-refractivity contribution in [2.45, 2.75) is 24.0 Å². The van der Waals surface area contributed by atoms with Crippen LogP contribution < -0.4 is 0 Å². The molecule has 3 heterocycles. The predicted molar refractivity (Wildman–Crippen MR) is 92.5 cm³/mol. The number of thiophene rings is 1. The van der Waals surface area contributed by atoms with Crippen LogP contribution in [0.4, 0.5) is 0 Å². The Kier molecular flexibility index (Phi) is 4.10. The normalized spacial score (nSPS) is 18.1. The Bertz CT molecular complexity index is 767. The molecule has 0 amide bonds. The summed E-state index contributed by atoms with van der Waals surface area (Å²) in [5.41, 5.74) is 1.01. The molecule has 22 heavy (non-hydrogen) atoms. The van der Waals surface area contributed by atoms with Gasteiger partial charge in [0.05, 0.1) is 16.5 Å². The molecule has 0 unspecified atom stereocenters. The summed E-state index contributed by atoms with van der Waals surface area (Å²) in [7, 11) is 0. The minimum absolute atomic E-state index is 0.365. The molecule has 0 spiro atoms. The summed E-state index contributed by atoms with van der Waals surface area (Å²) in [5, 5.41) is 4.25. The van der Waals surface area contributed by atoms with Crippen LogP contribution in [0.1, 0.15) is 12.8 Å². The lowest BCUT2D eigenvalue weighted by Crippen LogP contribution is -2.08. The molecule has 5 heteroatoms. The van der Waals surface area contributed by atoms with Crippen molar-refractivity contribution in [1.29, 1.82) is 0 Å². The zero-order chi connectivity index (χ0) is 14.8. The van der Waals surface area contributed by atoms with Crippen molar-refractivity contribution in [2.75, 3.05) is 12.4 Å². The van der Waals surface area contributed by atoms with Gasteiger partial charge in [0.15, 0.2) is 5.82 Å². The lowest BCUT2D eigenvalue weighted by molar-refractivity contribution is 0.129. The van der Waals surface area contributed by atoms with E-state index < -0.39 is 0 Å². The highest BCUT2D eigenvalue weighted by Gasteiger charge is 2.17. The number of hydrogen-bond acceptors (Lipinski definition) is 5. The third-order valence-electron chi connectivity index (χ3n) is 3.74. The van der Waals surface area contributed by atoms with Gasteiger partial charge in [0.25, 0.3) is 0 Å². The van der Waals surface area contributed by atoms with Crippen LogP contribution in [0.15, 0.2) is 46.8 Å². The molecule has 1 fully saturated rings. The predicted octanol–water partition coefficient (Wildman–Crippen LogP) is 4.63. The molecule has 3 nitrogen and oxygen atoms in total. The molecule has 112 valence electrons.